The molecule has 0 aliphatic carbocycles. The first-order valence-electron chi connectivity index (χ1n) is 5.95. The summed E-state index contributed by atoms with van der Waals surface area (Å²) in [5.74, 6) is 0.618. The van der Waals surface area contributed by atoms with Crippen LogP contribution in [-0.2, 0) is 11.3 Å². The Labute approximate surface area is 102 Å². The zero-order chi connectivity index (χ0) is 12.8. The number of nitrogens with zero attached hydrogens (tertiary/aromatic N) is 3. The summed E-state index contributed by atoms with van der Waals surface area (Å²) in [4.78, 5) is 13.3. The van der Waals surface area contributed by atoms with E-state index in [1.165, 1.54) is 0 Å². The predicted molar refractivity (Wildman–Crippen MR) is 65.9 cm³/mol. The standard InChI is InChI=1S/C12H21N3O2/c1-5-6-15-8-11(7-13-15)17-9-12(16)14(4)10(2)3/h7-8,10H,5-6,9H2,1-4H3. The maximum atomic E-state index is 11.7. The molecule has 0 spiro atoms. The number of ether oxygens (including phenoxy) is 1. The highest BCUT2D eigenvalue weighted by atomic mass is 16.5. The molecule has 1 aromatic heterocycles. The fourth-order valence-corrected chi connectivity index (χ4v) is 1.31. The lowest BCUT2D eigenvalue weighted by atomic mass is 10.3. The molecule has 0 unspecified atom stereocenters. The third-order valence-electron chi connectivity index (χ3n) is 2.59. The monoisotopic (exact) mass is 239 g/mol. The molecule has 1 amide bonds. The maximum absolute atomic E-state index is 11.7. The van der Waals surface area contributed by atoms with Crippen molar-refractivity contribution in [2.24, 2.45) is 0 Å². The minimum Gasteiger partial charge on any atom is -0.480 e. The van der Waals surface area contributed by atoms with Crippen LogP contribution in [0, 0.1) is 0 Å². The van der Waals surface area contributed by atoms with E-state index in [1.807, 2.05) is 24.7 Å². The van der Waals surface area contributed by atoms with Crippen LogP contribution in [0.3, 0.4) is 0 Å². The SMILES string of the molecule is CCCn1cc(OCC(=O)N(C)C(C)C)cn1. The summed E-state index contributed by atoms with van der Waals surface area (Å²) >= 11 is 0. The third-order valence-corrected chi connectivity index (χ3v) is 2.59. The first-order chi connectivity index (χ1) is 8.04. The molecule has 0 saturated carbocycles. The highest BCUT2D eigenvalue weighted by Crippen LogP contribution is 2.08. The van der Waals surface area contributed by atoms with Gasteiger partial charge < -0.3 is 9.64 Å². The maximum Gasteiger partial charge on any atom is 0.260 e. The number of rotatable bonds is 6. The summed E-state index contributed by atoms with van der Waals surface area (Å²) in [6.45, 7) is 6.95. The molecular formula is C12H21N3O2. The summed E-state index contributed by atoms with van der Waals surface area (Å²) in [5, 5.41) is 4.13. The van der Waals surface area contributed by atoms with Gasteiger partial charge in [0.2, 0.25) is 0 Å². The number of aromatic nitrogens is 2. The van der Waals surface area contributed by atoms with Gasteiger partial charge in [0.25, 0.3) is 5.91 Å². The number of hydrogen-bond donors (Lipinski definition) is 0. The summed E-state index contributed by atoms with van der Waals surface area (Å²) in [6, 6.07) is 0.189. The summed E-state index contributed by atoms with van der Waals surface area (Å²) in [6.07, 6.45) is 4.47. The fourth-order valence-electron chi connectivity index (χ4n) is 1.31. The predicted octanol–water partition coefficient (Wildman–Crippen LogP) is 1.54. The van der Waals surface area contributed by atoms with Gasteiger partial charge in [0.05, 0.1) is 12.4 Å². The molecule has 0 atom stereocenters. The van der Waals surface area contributed by atoms with Crippen LogP contribution < -0.4 is 4.74 Å². The molecular weight excluding hydrogens is 218 g/mol. The van der Waals surface area contributed by atoms with Crippen LogP contribution in [0.25, 0.3) is 0 Å². The second-order valence-electron chi connectivity index (χ2n) is 4.33. The normalized spacial score (nSPS) is 10.6. The molecule has 5 nitrogen and oxygen atoms in total. The highest BCUT2D eigenvalue weighted by Gasteiger charge is 2.12. The molecule has 0 bridgehead atoms. The van der Waals surface area contributed by atoms with Gasteiger partial charge in [-0.25, -0.2) is 0 Å². The highest BCUT2D eigenvalue weighted by molar-refractivity contribution is 5.77. The van der Waals surface area contributed by atoms with Gasteiger partial charge in [0.15, 0.2) is 12.4 Å². The second kappa shape index (κ2) is 6.27. The van der Waals surface area contributed by atoms with E-state index in [-0.39, 0.29) is 18.6 Å². The summed E-state index contributed by atoms with van der Waals surface area (Å²) in [5.41, 5.74) is 0. The fraction of sp³-hybridized carbons (Fsp3) is 0.667. The van der Waals surface area contributed by atoms with Gasteiger partial charge in [-0.1, -0.05) is 6.92 Å². The van der Waals surface area contributed by atoms with Crippen molar-refractivity contribution in [1.29, 1.82) is 0 Å². The topological polar surface area (TPSA) is 47.4 Å². The molecule has 0 aliphatic heterocycles. The molecule has 0 radical (unpaired) electrons. The van der Waals surface area contributed by atoms with Gasteiger partial charge in [-0.15, -0.1) is 0 Å². The summed E-state index contributed by atoms with van der Waals surface area (Å²) in [7, 11) is 1.77. The Morgan fingerprint density at radius 2 is 2.29 bits per heavy atom. The average Bonchev–Trinajstić information content (AvgIpc) is 2.73. The number of likely N-dealkylation sites (N-methyl/N-ethyl adjacent to an activating group) is 1. The van der Waals surface area contributed by atoms with E-state index in [1.54, 1.807) is 18.1 Å². The zero-order valence-corrected chi connectivity index (χ0v) is 11.0. The quantitative estimate of drug-likeness (QED) is 0.756. The van der Waals surface area contributed by atoms with Crippen molar-refractivity contribution < 1.29 is 9.53 Å². The Morgan fingerprint density at radius 1 is 1.59 bits per heavy atom. The molecule has 17 heavy (non-hydrogen) atoms. The number of aryl methyl sites for hydroxylation is 1. The Hall–Kier alpha value is -1.52. The molecule has 0 aromatic carbocycles. The lowest BCUT2D eigenvalue weighted by molar-refractivity contribution is -0.133. The first kappa shape index (κ1) is 13.5. The van der Waals surface area contributed by atoms with Gasteiger partial charge in [0.1, 0.15) is 0 Å². The van der Waals surface area contributed by atoms with E-state index < -0.39 is 0 Å². The van der Waals surface area contributed by atoms with Gasteiger partial charge >= 0.3 is 0 Å². The molecule has 0 aliphatic rings. The van der Waals surface area contributed by atoms with E-state index in [2.05, 4.69) is 12.0 Å². The second-order valence-corrected chi connectivity index (χ2v) is 4.33. The van der Waals surface area contributed by atoms with Crippen molar-refractivity contribution in [3.05, 3.63) is 12.4 Å². The third kappa shape index (κ3) is 4.09. The molecule has 5 heteroatoms. The minimum atomic E-state index is -0.0248. The van der Waals surface area contributed by atoms with E-state index in [0.717, 1.165) is 13.0 Å². The number of hydrogen-bond acceptors (Lipinski definition) is 3. The minimum absolute atomic E-state index is 0.0248. The Kier molecular flexibility index (Phi) is 5.00. The molecule has 1 aromatic rings. The van der Waals surface area contributed by atoms with Gasteiger partial charge in [-0.2, -0.15) is 5.10 Å². The van der Waals surface area contributed by atoms with Crippen molar-refractivity contribution in [3.63, 3.8) is 0 Å². The molecule has 0 fully saturated rings. The number of carbonyl (C=O) groups is 1. The van der Waals surface area contributed by atoms with Crippen molar-refractivity contribution in [3.8, 4) is 5.75 Å². The van der Waals surface area contributed by atoms with Crippen LogP contribution in [0.4, 0.5) is 0 Å². The van der Waals surface area contributed by atoms with Crippen molar-refractivity contribution in [2.45, 2.75) is 39.8 Å². The Bertz CT molecular complexity index is 360. The molecule has 96 valence electrons. The van der Waals surface area contributed by atoms with Crippen molar-refractivity contribution >= 4 is 5.91 Å². The van der Waals surface area contributed by atoms with E-state index in [4.69, 9.17) is 4.74 Å². The molecule has 0 saturated heterocycles. The molecule has 0 N–H and O–H groups in total. The lowest BCUT2D eigenvalue weighted by Gasteiger charge is -2.21. The average molecular weight is 239 g/mol. The largest absolute Gasteiger partial charge is 0.480 e. The van der Waals surface area contributed by atoms with Crippen LogP contribution >= 0.6 is 0 Å². The van der Waals surface area contributed by atoms with Gasteiger partial charge in [-0.3, -0.25) is 9.48 Å². The van der Waals surface area contributed by atoms with E-state index >= 15 is 0 Å². The molecule has 1 heterocycles. The smallest absolute Gasteiger partial charge is 0.260 e. The first-order valence-corrected chi connectivity index (χ1v) is 5.95. The van der Waals surface area contributed by atoms with Gasteiger partial charge in [-0.05, 0) is 20.3 Å². The van der Waals surface area contributed by atoms with Crippen molar-refractivity contribution in [1.82, 2.24) is 14.7 Å². The van der Waals surface area contributed by atoms with Crippen molar-refractivity contribution in [2.75, 3.05) is 13.7 Å². The number of carbonyl (C=O) groups excluding carboxylic acids is 1. The van der Waals surface area contributed by atoms with Gasteiger partial charge in [0, 0.05) is 19.6 Å². The Morgan fingerprint density at radius 3 is 2.88 bits per heavy atom. The number of amides is 1. The van der Waals surface area contributed by atoms with Crippen LogP contribution in [0.1, 0.15) is 27.2 Å². The Balaban J connectivity index is 2.41. The summed E-state index contributed by atoms with van der Waals surface area (Å²) < 4.78 is 7.20. The van der Waals surface area contributed by atoms with Crippen LogP contribution in [0.15, 0.2) is 12.4 Å². The van der Waals surface area contributed by atoms with Crippen LogP contribution in [0.5, 0.6) is 5.75 Å². The van der Waals surface area contributed by atoms with Crippen LogP contribution in [0.2, 0.25) is 0 Å². The van der Waals surface area contributed by atoms with Crippen LogP contribution in [-0.4, -0.2) is 40.3 Å². The molecule has 1 rings (SSSR count). The van der Waals surface area contributed by atoms with E-state index in [0.29, 0.717) is 5.75 Å². The zero-order valence-electron chi connectivity index (χ0n) is 11.0. The lowest BCUT2D eigenvalue weighted by Crippen LogP contribution is -2.36. The van der Waals surface area contributed by atoms with E-state index in [9.17, 15) is 4.79 Å².